The van der Waals surface area contributed by atoms with Gasteiger partial charge in [0.25, 0.3) is 11.7 Å². The molecule has 0 aliphatic carbocycles. The Morgan fingerprint density at radius 3 is 2.73 bits per heavy atom. The van der Waals surface area contributed by atoms with E-state index in [-0.39, 0.29) is 6.54 Å². The number of halogens is 1. The molecule has 15 heavy (non-hydrogen) atoms. The molecule has 1 aliphatic rings. The molecule has 0 aromatic heterocycles. The third-order valence-corrected chi connectivity index (χ3v) is 2.84. The molecule has 0 radical (unpaired) electrons. The summed E-state index contributed by atoms with van der Waals surface area (Å²) in [5.74, 6) is -1.21. The summed E-state index contributed by atoms with van der Waals surface area (Å²) in [5.41, 5.74) is 0.829. The fourth-order valence-electron chi connectivity index (χ4n) is 1.56. The molecule has 0 unspecified atom stereocenters. The van der Waals surface area contributed by atoms with E-state index in [9.17, 15) is 14.4 Å². The Balaban J connectivity index is 2.61. The van der Waals surface area contributed by atoms with E-state index in [2.05, 4.69) is 15.9 Å². The minimum absolute atomic E-state index is 0.0970. The fraction of sp³-hybridized carbons (Fsp3) is 0.100. The molecule has 1 aromatic rings. The van der Waals surface area contributed by atoms with Gasteiger partial charge in [0.1, 0.15) is 6.29 Å². The molecule has 5 heteroatoms. The van der Waals surface area contributed by atoms with Crippen molar-refractivity contribution in [2.24, 2.45) is 0 Å². The second kappa shape index (κ2) is 3.58. The van der Waals surface area contributed by atoms with Crippen LogP contribution in [0.25, 0.3) is 0 Å². The van der Waals surface area contributed by atoms with Gasteiger partial charge in [0.05, 0.1) is 17.8 Å². The van der Waals surface area contributed by atoms with E-state index in [1.807, 2.05) is 0 Å². The molecule has 0 fully saturated rings. The lowest BCUT2D eigenvalue weighted by atomic mass is 10.1. The Bertz CT molecular complexity index is 470. The van der Waals surface area contributed by atoms with E-state index in [4.69, 9.17) is 0 Å². The number of aldehydes is 1. The molecule has 0 saturated carbocycles. The molecule has 0 saturated heterocycles. The number of rotatable bonds is 2. The molecule has 1 heterocycles. The van der Waals surface area contributed by atoms with Gasteiger partial charge in [-0.25, -0.2) is 0 Å². The molecule has 2 rings (SSSR count). The topological polar surface area (TPSA) is 54.5 Å². The average molecular weight is 268 g/mol. The smallest absolute Gasteiger partial charge is 0.299 e. The van der Waals surface area contributed by atoms with Gasteiger partial charge in [-0.15, -0.1) is 0 Å². The average Bonchev–Trinajstić information content (AvgIpc) is 2.46. The van der Waals surface area contributed by atoms with Gasteiger partial charge in [0, 0.05) is 4.47 Å². The zero-order valence-corrected chi connectivity index (χ0v) is 9.15. The lowest BCUT2D eigenvalue weighted by molar-refractivity contribution is -0.115. The predicted molar refractivity (Wildman–Crippen MR) is 56.9 cm³/mol. The Labute approximate surface area is 94.0 Å². The van der Waals surface area contributed by atoms with Crippen molar-refractivity contribution in [2.45, 2.75) is 0 Å². The van der Waals surface area contributed by atoms with Crippen LogP contribution in [0.15, 0.2) is 22.7 Å². The molecule has 0 N–H and O–H groups in total. The Morgan fingerprint density at radius 1 is 1.33 bits per heavy atom. The summed E-state index contributed by atoms with van der Waals surface area (Å²) in [6, 6.07) is 4.98. The number of anilines is 1. The van der Waals surface area contributed by atoms with Crippen molar-refractivity contribution in [1.29, 1.82) is 0 Å². The number of carbonyl (C=O) groups is 3. The van der Waals surface area contributed by atoms with Gasteiger partial charge in [-0.1, -0.05) is 6.07 Å². The Morgan fingerprint density at radius 2 is 2.07 bits per heavy atom. The lowest BCUT2D eigenvalue weighted by Crippen LogP contribution is -2.31. The number of benzene rings is 1. The maximum absolute atomic E-state index is 11.5. The van der Waals surface area contributed by atoms with Gasteiger partial charge in [-0.2, -0.15) is 0 Å². The summed E-state index contributed by atoms with van der Waals surface area (Å²) in [5, 5.41) is 0. The Kier molecular flexibility index (Phi) is 2.40. The van der Waals surface area contributed by atoms with E-state index in [0.29, 0.717) is 22.0 Å². The van der Waals surface area contributed by atoms with E-state index in [1.165, 1.54) is 4.90 Å². The van der Waals surface area contributed by atoms with E-state index < -0.39 is 11.7 Å². The van der Waals surface area contributed by atoms with Crippen molar-refractivity contribution in [3.63, 3.8) is 0 Å². The maximum Gasteiger partial charge on any atom is 0.299 e. The van der Waals surface area contributed by atoms with Crippen molar-refractivity contribution < 1.29 is 14.4 Å². The van der Waals surface area contributed by atoms with Crippen molar-refractivity contribution in [3.05, 3.63) is 28.2 Å². The summed E-state index contributed by atoms with van der Waals surface area (Å²) >= 11 is 3.25. The summed E-state index contributed by atoms with van der Waals surface area (Å²) in [6.45, 7) is -0.0970. The van der Waals surface area contributed by atoms with Crippen LogP contribution < -0.4 is 4.90 Å². The third kappa shape index (κ3) is 1.39. The first kappa shape index (κ1) is 10.0. The van der Waals surface area contributed by atoms with Gasteiger partial charge < -0.3 is 4.79 Å². The van der Waals surface area contributed by atoms with Crippen molar-refractivity contribution in [1.82, 2.24) is 0 Å². The highest BCUT2D eigenvalue weighted by molar-refractivity contribution is 9.10. The van der Waals surface area contributed by atoms with E-state index in [0.717, 1.165) is 0 Å². The summed E-state index contributed by atoms with van der Waals surface area (Å²) in [4.78, 5) is 34.6. The highest BCUT2D eigenvalue weighted by Gasteiger charge is 2.36. The van der Waals surface area contributed by atoms with Crippen LogP contribution in [-0.4, -0.2) is 24.5 Å². The van der Waals surface area contributed by atoms with Gasteiger partial charge in [-0.3, -0.25) is 14.5 Å². The number of fused-ring (bicyclic) bond motifs is 1. The van der Waals surface area contributed by atoms with Crippen LogP contribution in [0.2, 0.25) is 0 Å². The number of hydrogen-bond acceptors (Lipinski definition) is 3. The molecular weight excluding hydrogens is 262 g/mol. The minimum atomic E-state index is -0.649. The van der Waals surface area contributed by atoms with E-state index in [1.54, 1.807) is 18.2 Å². The zero-order valence-electron chi connectivity index (χ0n) is 7.57. The molecule has 0 spiro atoms. The number of amides is 1. The number of nitrogens with zero attached hydrogens (tertiary/aromatic N) is 1. The zero-order chi connectivity index (χ0) is 11.0. The molecule has 76 valence electrons. The molecule has 4 nitrogen and oxygen atoms in total. The van der Waals surface area contributed by atoms with Crippen molar-refractivity contribution in [3.8, 4) is 0 Å². The second-order valence-corrected chi connectivity index (χ2v) is 3.90. The summed E-state index contributed by atoms with van der Waals surface area (Å²) in [6.07, 6.45) is 0.597. The largest absolute Gasteiger partial charge is 0.301 e. The van der Waals surface area contributed by atoms with Gasteiger partial charge in [0.2, 0.25) is 0 Å². The SMILES string of the molecule is O=CCN1C(=O)C(=O)c2cccc(Br)c21. The molecule has 1 aliphatic heterocycles. The van der Waals surface area contributed by atoms with Crippen LogP contribution in [0, 0.1) is 0 Å². The standard InChI is InChI=1S/C10H6BrNO3/c11-7-3-1-2-6-8(7)12(4-5-13)10(15)9(6)14/h1-3,5H,4H2. The van der Waals surface area contributed by atoms with Gasteiger partial charge in [-0.05, 0) is 28.1 Å². The predicted octanol–water partition coefficient (Wildman–Crippen LogP) is 1.18. The van der Waals surface area contributed by atoms with Crippen LogP contribution in [0.5, 0.6) is 0 Å². The number of para-hydroxylation sites is 1. The number of ketones is 1. The molecule has 1 aromatic carbocycles. The highest BCUT2D eigenvalue weighted by Crippen LogP contribution is 2.35. The third-order valence-electron chi connectivity index (χ3n) is 2.20. The fourth-order valence-corrected chi connectivity index (χ4v) is 2.14. The second-order valence-electron chi connectivity index (χ2n) is 3.05. The molecule has 0 bridgehead atoms. The number of carbonyl (C=O) groups excluding carboxylic acids is 3. The van der Waals surface area contributed by atoms with Gasteiger partial charge in [0.15, 0.2) is 0 Å². The highest BCUT2D eigenvalue weighted by atomic mass is 79.9. The minimum Gasteiger partial charge on any atom is -0.301 e. The number of hydrogen-bond donors (Lipinski definition) is 0. The molecular formula is C10H6BrNO3. The summed E-state index contributed by atoms with van der Waals surface area (Å²) in [7, 11) is 0. The first-order valence-corrected chi connectivity index (χ1v) is 5.04. The van der Waals surface area contributed by atoms with Crippen molar-refractivity contribution >= 4 is 39.6 Å². The summed E-state index contributed by atoms with van der Waals surface area (Å²) < 4.78 is 0.640. The lowest BCUT2D eigenvalue weighted by Gasteiger charge is -2.13. The van der Waals surface area contributed by atoms with E-state index >= 15 is 0 Å². The maximum atomic E-state index is 11.5. The Hall–Kier alpha value is -1.49. The van der Waals surface area contributed by atoms with Crippen LogP contribution in [-0.2, 0) is 9.59 Å². The van der Waals surface area contributed by atoms with Crippen LogP contribution >= 0.6 is 15.9 Å². The van der Waals surface area contributed by atoms with Crippen LogP contribution in [0.3, 0.4) is 0 Å². The van der Waals surface area contributed by atoms with Crippen molar-refractivity contribution in [2.75, 3.05) is 11.4 Å². The number of Topliss-reactive ketones (excluding diaryl/α,β-unsaturated/α-hetero) is 1. The molecule has 0 atom stereocenters. The quantitative estimate of drug-likeness (QED) is 0.597. The monoisotopic (exact) mass is 267 g/mol. The normalized spacial score (nSPS) is 14.3. The first-order chi connectivity index (χ1) is 7.16. The van der Waals surface area contributed by atoms with Crippen LogP contribution in [0.4, 0.5) is 5.69 Å². The van der Waals surface area contributed by atoms with Gasteiger partial charge >= 0.3 is 0 Å². The van der Waals surface area contributed by atoms with Crippen LogP contribution in [0.1, 0.15) is 10.4 Å². The molecule has 1 amide bonds. The first-order valence-electron chi connectivity index (χ1n) is 4.25.